The zero-order valence-corrected chi connectivity index (χ0v) is 13.3. The van der Waals surface area contributed by atoms with Gasteiger partial charge < -0.3 is 5.32 Å². The summed E-state index contributed by atoms with van der Waals surface area (Å²) < 4.78 is 0. The van der Waals surface area contributed by atoms with Crippen LogP contribution in [0.2, 0.25) is 0 Å². The van der Waals surface area contributed by atoms with Gasteiger partial charge in [-0.2, -0.15) is 0 Å². The van der Waals surface area contributed by atoms with E-state index < -0.39 is 0 Å². The van der Waals surface area contributed by atoms with Gasteiger partial charge in [0.15, 0.2) is 0 Å². The molecule has 19 heavy (non-hydrogen) atoms. The maximum atomic E-state index is 3.66. The molecule has 108 valence electrons. The Hall–Kier alpha value is -0.820. The van der Waals surface area contributed by atoms with Gasteiger partial charge in [0.2, 0.25) is 0 Å². The number of nitrogens with one attached hydrogen (secondary N) is 1. The average Bonchev–Trinajstić information content (AvgIpc) is 2.39. The van der Waals surface area contributed by atoms with Crippen LogP contribution in [-0.2, 0) is 5.41 Å². The molecule has 0 aliphatic carbocycles. The molecule has 0 aromatic heterocycles. The summed E-state index contributed by atoms with van der Waals surface area (Å²) in [6.07, 6.45) is 6.27. The lowest BCUT2D eigenvalue weighted by molar-refractivity contribution is 0.335. The molecule has 0 atom stereocenters. The van der Waals surface area contributed by atoms with Crippen LogP contribution >= 0.6 is 0 Å². The van der Waals surface area contributed by atoms with E-state index in [9.17, 15) is 0 Å². The van der Waals surface area contributed by atoms with Crippen molar-refractivity contribution in [2.24, 2.45) is 0 Å². The molecule has 0 heterocycles. The highest BCUT2D eigenvalue weighted by molar-refractivity contribution is 5.30. The summed E-state index contributed by atoms with van der Waals surface area (Å²) in [7, 11) is 0. The zero-order chi connectivity index (χ0) is 14.1. The monoisotopic (exact) mass is 261 g/mol. The van der Waals surface area contributed by atoms with Crippen LogP contribution in [0, 0.1) is 6.92 Å². The third-order valence-corrected chi connectivity index (χ3v) is 3.98. The Morgan fingerprint density at radius 1 is 1.00 bits per heavy atom. The normalized spacial score (nSPS) is 11.8. The first-order valence-corrected chi connectivity index (χ1v) is 7.96. The maximum Gasteiger partial charge on any atom is 0.00776 e. The van der Waals surface area contributed by atoms with Gasteiger partial charge in [-0.15, -0.1) is 0 Å². The van der Waals surface area contributed by atoms with Gasteiger partial charge in [0, 0.05) is 12.0 Å². The molecule has 0 saturated carbocycles. The highest BCUT2D eigenvalue weighted by atomic mass is 14.9. The van der Waals surface area contributed by atoms with Gasteiger partial charge in [0.1, 0.15) is 0 Å². The quantitative estimate of drug-likeness (QED) is 0.628. The van der Waals surface area contributed by atoms with E-state index in [4.69, 9.17) is 0 Å². The van der Waals surface area contributed by atoms with Gasteiger partial charge in [-0.1, -0.05) is 63.4 Å². The SMILES string of the molecule is CCCNCC(CCC)(CCC)c1cccc(C)c1. The lowest BCUT2D eigenvalue weighted by Crippen LogP contribution is -2.38. The summed E-state index contributed by atoms with van der Waals surface area (Å²) >= 11 is 0. The molecule has 1 rings (SSSR count). The minimum atomic E-state index is 0.324. The summed E-state index contributed by atoms with van der Waals surface area (Å²) in [6.45, 7) is 11.3. The Balaban J connectivity index is 2.99. The lowest BCUT2D eigenvalue weighted by Gasteiger charge is -2.35. The first kappa shape index (κ1) is 16.2. The van der Waals surface area contributed by atoms with E-state index in [-0.39, 0.29) is 0 Å². The van der Waals surface area contributed by atoms with Crippen LogP contribution in [0.5, 0.6) is 0 Å². The zero-order valence-electron chi connectivity index (χ0n) is 13.3. The van der Waals surface area contributed by atoms with Crippen molar-refractivity contribution < 1.29 is 0 Å². The highest BCUT2D eigenvalue weighted by Crippen LogP contribution is 2.34. The van der Waals surface area contributed by atoms with Crippen molar-refractivity contribution in [3.05, 3.63) is 35.4 Å². The van der Waals surface area contributed by atoms with Crippen molar-refractivity contribution in [2.75, 3.05) is 13.1 Å². The van der Waals surface area contributed by atoms with Gasteiger partial charge in [-0.05, 0) is 38.3 Å². The summed E-state index contributed by atoms with van der Waals surface area (Å²) in [5.41, 5.74) is 3.23. The Morgan fingerprint density at radius 3 is 2.21 bits per heavy atom. The Bertz CT molecular complexity index is 350. The maximum absolute atomic E-state index is 3.66. The summed E-state index contributed by atoms with van der Waals surface area (Å²) in [5, 5.41) is 3.66. The number of benzene rings is 1. The molecule has 0 bridgehead atoms. The van der Waals surface area contributed by atoms with E-state index >= 15 is 0 Å². The van der Waals surface area contributed by atoms with Crippen LogP contribution in [0.15, 0.2) is 24.3 Å². The molecule has 0 saturated heterocycles. The minimum Gasteiger partial charge on any atom is -0.316 e. The van der Waals surface area contributed by atoms with E-state index in [1.54, 1.807) is 0 Å². The van der Waals surface area contributed by atoms with E-state index in [2.05, 4.69) is 57.3 Å². The molecule has 0 fully saturated rings. The van der Waals surface area contributed by atoms with Gasteiger partial charge >= 0.3 is 0 Å². The van der Waals surface area contributed by atoms with E-state index in [0.29, 0.717) is 5.41 Å². The molecule has 0 radical (unpaired) electrons. The molecule has 1 N–H and O–H groups in total. The second kappa shape index (κ2) is 8.37. The van der Waals surface area contributed by atoms with Crippen molar-refractivity contribution in [3.8, 4) is 0 Å². The third-order valence-electron chi connectivity index (χ3n) is 3.98. The molecule has 1 aromatic rings. The molecule has 0 aliphatic heterocycles. The number of rotatable bonds is 9. The lowest BCUT2D eigenvalue weighted by atomic mass is 9.73. The number of hydrogen-bond acceptors (Lipinski definition) is 1. The average molecular weight is 261 g/mol. The second-order valence-corrected chi connectivity index (χ2v) is 5.83. The second-order valence-electron chi connectivity index (χ2n) is 5.83. The molecule has 0 aliphatic rings. The van der Waals surface area contributed by atoms with Gasteiger partial charge in [-0.3, -0.25) is 0 Å². The topological polar surface area (TPSA) is 12.0 Å². The largest absolute Gasteiger partial charge is 0.316 e. The fourth-order valence-corrected chi connectivity index (χ4v) is 3.13. The summed E-state index contributed by atoms with van der Waals surface area (Å²) in [4.78, 5) is 0. The smallest absolute Gasteiger partial charge is 0.00776 e. The Labute approximate surface area is 119 Å². The molecule has 1 nitrogen and oxygen atoms in total. The van der Waals surface area contributed by atoms with Crippen molar-refractivity contribution in [1.82, 2.24) is 5.32 Å². The minimum absolute atomic E-state index is 0.324. The summed E-state index contributed by atoms with van der Waals surface area (Å²) in [6, 6.07) is 9.13. The summed E-state index contributed by atoms with van der Waals surface area (Å²) in [5.74, 6) is 0. The van der Waals surface area contributed by atoms with Crippen LogP contribution in [0.3, 0.4) is 0 Å². The van der Waals surface area contributed by atoms with Crippen LogP contribution in [0.1, 0.15) is 64.0 Å². The van der Waals surface area contributed by atoms with E-state index in [1.165, 1.54) is 43.2 Å². The first-order chi connectivity index (χ1) is 9.18. The molecule has 1 aromatic carbocycles. The number of aryl methyl sites for hydroxylation is 1. The fraction of sp³-hybridized carbons (Fsp3) is 0.667. The predicted molar refractivity (Wildman–Crippen MR) is 85.8 cm³/mol. The molecule has 1 heteroatoms. The van der Waals surface area contributed by atoms with Gasteiger partial charge in [0.25, 0.3) is 0 Å². The van der Waals surface area contributed by atoms with Crippen LogP contribution < -0.4 is 5.32 Å². The van der Waals surface area contributed by atoms with E-state index in [1.807, 2.05) is 0 Å². The van der Waals surface area contributed by atoms with Crippen LogP contribution in [0.25, 0.3) is 0 Å². The molecule has 0 unspecified atom stereocenters. The molecular formula is C18H31N. The van der Waals surface area contributed by atoms with Crippen molar-refractivity contribution >= 4 is 0 Å². The van der Waals surface area contributed by atoms with Crippen LogP contribution in [-0.4, -0.2) is 13.1 Å². The van der Waals surface area contributed by atoms with Crippen molar-refractivity contribution in [3.63, 3.8) is 0 Å². The fourth-order valence-electron chi connectivity index (χ4n) is 3.13. The standard InChI is InChI=1S/C18H31N/c1-5-11-18(12-6-2,15-19-13-7-3)17-10-8-9-16(4)14-17/h8-10,14,19H,5-7,11-13,15H2,1-4H3. The third kappa shape index (κ3) is 4.65. The van der Waals surface area contributed by atoms with Crippen molar-refractivity contribution in [1.29, 1.82) is 0 Å². The first-order valence-electron chi connectivity index (χ1n) is 7.96. The van der Waals surface area contributed by atoms with Gasteiger partial charge in [-0.25, -0.2) is 0 Å². The molecular weight excluding hydrogens is 230 g/mol. The van der Waals surface area contributed by atoms with Gasteiger partial charge in [0.05, 0.1) is 0 Å². The Morgan fingerprint density at radius 2 is 1.68 bits per heavy atom. The molecule has 0 amide bonds. The highest BCUT2D eigenvalue weighted by Gasteiger charge is 2.29. The predicted octanol–water partition coefficient (Wildman–Crippen LogP) is 4.83. The number of hydrogen-bond donors (Lipinski definition) is 1. The van der Waals surface area contributed by atoms with E-state index in [0.717, 1.165) is 13.1 Å². The molecule has 0 spiro atoms. The Kier molecular flexibility index (Phi) is 7.15. The van der Waals surface area contributed by atoms with Crippen LogP contribution in [0.4, 0.5) is 0 Å². The van der Waals surface area contributed by atoms with Crippen molar-refractivity contribution in [2.45, 2.75) is 65.2 Å².